The molecule has 1 atom stereocenters. The van der Waals surface area contributed by atoms with Gasteiger partial charge in [0.15, 0.2) is 0 Å². The van der Waals surface area contributed by atoms with E-state index in [1.54, 1.807) is 24.3 Å². The molecule has 1 aliphatic heterocycles. The highest BCUT2D eigenvalue weighted by Crippen LogP contribution is 2.25. The van der Waals surface area contributed by atoms with Crippen LogP contribution in [0, 0.1) is 11.7 Å². The highest BCUT2D eigenvalue weighted by Gasteiger charge is 2.34. The van der Waals surface area contributed by atoms with Crippen LogP contribution in [0.4, 0.5) is 10.1 Å². The van der Waals surface area contributed by atoms with Crippen LogP contribution < -0.4 is 10.6 Å². The zero-order valence-electron chi connectivity index (χ0n) is 14.4. The maximum atomic E-state index is 13.1. The van der Waals surface area contributed by atoms with Gasteiger partial charge in [0.1, 0.15) is 5.82 Å². The van der Waals surface area contributed by atoms with Gasteiger partial charge in [0, 0.05) is 18.7 Å². The number of hydrogen-bond acceptors (Lipinski definition) is 3. The van der Waals surface area contributed by atoms with Crippen LogP contribution in [-0.2, 0) is 9.59 Å². The average molecular weight is 356 g/mol. The van der Waals surface area contributed by atoms with Gasteiger partial charge in [-0.15, -0.1) is 0 Å². The number of benzene rings is 2. The Hall–Kier alpha value is -2.99. The number of rotatable bonds is 4. The van der Waals surface area contributed by atoms with Gasteiger partial charge >= 0.3 is 5.97 Å². The number of nitrogens with zero attached hydrogens (tertiary/aromatic N) is 1. The van der Waals surface area contributed by atoms with Gasteiger partial charge in [-0.25, -0.2) is 4.39 Å². The van der Waals surface area contributed by atoms with E-state index >= 15 is 0 Å². The number of aliphatic carboxylic acids is 1. The van der Waals surface area contributed by atoms with Crippen molar-refractivity contribution < 1.29 is 19.1 Å². The number of hydrogen-bond donors (Lipinski definition) is 2. The van der Waals surface area contributed by atoms with E-state index in [0.717, 1.165) is 11.1 Å². The Morgan fingerprint density at radius 2 is 1.81 bits per heavy atom. The van der Waals surface area contributed by atoms with Crippen LogP contribution in [0.2, 0.25) is 0 Å². The van der Waals surface area contributed by atoms with Crippen molar-refractivity contribution in [1.82, 2.24) is 0 Å². The Bertz CT molecular complexity index is 803. The Labute approximate surface area is 151 Å². The second-order valence-corrected chi connectivity index (χ2v) is 5.72. The summed E-state index contributed by atoms with van der Waals surface area (Å²) in [5.74, 6) is -2.05. The molecule has 1 fully saturated rings. The second-order valence-electron chi connectivity index (χ2n) is 5.72. The fourth-order valence-corrected chi connectivity index (χ4v) is 2.69. The molecule has 1 unspecified atom stereocenters. The number of carboxylic acid groups (broad SMARTS) is 1. The molecule has 2 aromatic carbocycles. The molecule has 0 saturated carbocycles. The molecule has 1 saturated heterocycles. The summed E-state index contributed by atoms with van der Waals surface area (Å²) < 4.78 is 13.1. The number of nitrogens with two attached hydrogens (primary N) is 1. The van der Waals surface area contributed by atoms with E-state index in [2.05, 4.69) is 5.73 Å². The molecule has 2 aromatic rings. The highest BCUT2D eigenvalue weighted by molar-refractivity contribution is 5.99. The summed E-state index contributed by atoms with van der Waals surface area (Å²) >= 11 is 0. The molecule has 3 rings (SSSR count). The van der Waals surface area contributed by atoms with E-state index in [-0.39, 0.29) is 24.7 Å². The van der Waals surface area contributed by atoms with Crippen LogP contribution in [0.5, 0.6) is 0 Å². The van der Waals surface area contributed by atoms with Crippen molar-refractivity contribution in [2.45, 2.75) is 6.42 Å². The average Bonchev–Trinajstić information content (AvgIpc) is 3.04. The predicted molar refractivity (Wildman–Crippen MR) is 100.0 cm³/mol. The Morgan fingerprint density at radius 1 is 1.15 bits per heavy atom. The van der Waals surface area contributed by atoms with E-state index in [1.165, 1.54) is 24.1 Å². The molecule has 6 heteroatoms. The number of amides is 1. The third-order valence-corrected chi connectivity index (χ3v) is 4.00. The van der Waals surface area contributed by atoms with Crippen LogP contribution in [0.3, 0.4) is 0 Å². The predicted octanol–water partition coefficient (Wildman–Crippen LogP) is 3.01. The van der Waals surface area contributed by atoms with Crippen LogP contribution in [0.1, 0.15) is 17.5 Å². The van der Waals surface area contributed by atoms with E-state index in [0.29, 0.717) is 5.69 Å². The first kappa shape index (κ1) is 19.3. The summed E-state index contributed by atoms with van der Waals surface area (Å²) in [7, 11) is 1.50. The van der Waals surface area contributed by atoms with Crippen molar-refractivity contribution in [3.63, 3.8) is 0 Å². The van der Waals surface area contributed by atoms with E-state index in [9.17, 15) is 14.0 Å². The molecular formula is C20H21FN2O3. The van der Waals surface area contributed by atoms with Crippen LogP contribution in [0.15, 0.2) is 48.5 Å². The molecule has 0 radical (unpaired) electrons. The summed E-state index contributed by atoms with van der Waals surface area (Å²) in [6.45, 7) is 0.201. The third-order valence-electron chi connectivity index (χ3n) is 4.00. The molecule has 3 N–H and O–H groups in total. The van der Waals surface area contributed by atoms with Gasteiger partial charge in [-0.05, 0) is 42.4 Å². The van der Waals surface area contributed by atoms with E-state index in [4.69, 9.17) is 5.11 Å². The third kappa shape index (κ3) is 4.77. The summed E-state index contributed by atoms with van der Waals surface area (Å²) in [5.41, 5.74) is 6.86. The Balaban J connectivity index is 0.00000117. The van der Waals surface area contributed by atoms with Crippen molar-refractivity contribution in [3.8, 4) is 0 Å². The largest absolute Gasteiger partial charge is 0.481 e. The van der Waals surface area contributed by atoms with Gasteiger partial charge in [0.05, 0.1) is 5.92 Å². The molecular weight excluding hydrogens is 335 g/mol. The molecule has 136 valence electrons. The molecule has 5 nitrogen and oxygen atoms in total. The maximum Gasteiger partial charge on any atom is 0.308 e. The molecule has 1 heterocycles. The first-order valence-electron chi connectivity index (χ1n) is 8.17. The fourth-order valence-electron chi connectivity index (χ4n) is 2.69. The molecule has 1 amide bonds. The van der Waals surface area contributed by atoms with Gasteiger partial charge in [-0.3, -0.25) is 9.59 Å². The van der Waals surface area contributed by atoms with Gasteiger partial charge in [0.25, 0.3) is 0 Å². The minimum absolute atomic E-state index is 0.0383. The SMILES string of the molecule is CN.O=C(O)C1CC(=O)N(c2ccc(/C=C/c3cccc(F)c3)cc2)C1. The fraction of sp³-hybridized carbons (Fsp3) is 0.200. The highest BCUT2D eigenvalue weighted by atomic mass is 19.1. The number of carbonyl (C=O) groups is 2. The summed E-state index contributed by atoms with van der Waals surface area (Å²) in [6, 6.07) is 13.5. The molecule has 1 aliphatic rings. The maximum absolute atomic E-state index is 13.1. The van der Waals surface area contributed by atoms with Crippen molar-refractivity contribution >= 4 is 29.7 Å². The minimum atomic E-state index is -0.944. The van der Waals surface area contributed by atoms with Gasteiger partial charge in [0.2, 0.25) is 5.91 Å². The van der Waals surface area contributed by atoms with Crippen molar-refractivity contribution in [3.05, 3.63) is 65.5 Å². The number of carboxylic acids is 1. The molecule has 0 aliphatic carbocycles. The quantitative estimate of drug-likeness (QED) is 0.825. The van der Waals surface area contributed by atoms with E-state index in [1.807, 2.05) is 24.3 Å². The molecule has 0 bridgehead atoms. The first-order valence-corrected chi connectivity index (χ1v) is 8.17. The molecule has 0 spiro atoms. The van der Waals surface area contributed by atoms with Gasteiger partial charge in [-0.1, -0.05) is 36.4 Å². The van der Waals surface area contributed by atoms with Crippen LogP contribution in [0.25, 0.3) is 12.2 Å². The minimum Gasteiger partial charge on any atom is -0.481 e. The monoisotopic (exact) mass is 356 g/mol. The summed E-state index contributed by atoms with van der Waals surface area (Å²) in [4.78, 5) is 24.4. The zero-order valence-corrected chi connectivity index (χ0v) is 14.4. The number of anilines is 1. The van der Waals surface area contributed by atoms with E-state index < -0.39 is 11.9 Å². The Morgan fingerprint density at radius 3 is 2.38 bits per heavy atom. The molecule has 26 heavy (non-hydrogen) atoms. The van der Waals surface area contributed by atoms with Crippen molar-refractivity contribution in [2.24, 2.45) is 11.7 Å². The normalized spacial score (nSPS) is 16.5. The first-order chi connectivity index (χ1) is 12.5. The lowest BCUT2D eigenvalue weighted by Gasteiger charge is -2.16. The van der Waals surface area contributed by atoms with Crippen LogP contribution >= 0.6 is 0 Å². The standard InChI is InChI=1S/C19H16FNO3.CH5N/c20-16-3-1-2-14(10-16)5-4-13-6-8-17(9-7-13)21-12-15(19(23)24)11-18(21)22;1-2/h1-10,15H,11-12H2,(H,23,24);2H2,1H3/b5-4+;. The number of carbonyl (C=O) groups excluding carboxylic acids is 1. The lowest BCUT2D eigenvalue weighted by atomic mass is 10.1. The van der Waals surface area contributed by atoms with Gasteiger partial charge in [-0.2, -0.15) is 0 Å². The lowest BCUT2D eigenvalue weighted by Crippen LogP contribution is -2.25. The second kappa shape index (κ2) is 8.92. The van der Waals surface area contributed by atoms with Crippen LogP contribution in [-0.4, -0.2) is 30.6 Å². The zero-order chi connectivity index (χ0) is 19.1. The van der Waals surface area contributed by atoms with Gasteiger partial charge < -0.3 is 15.7 Å². The smallest absolute Gasteiger partial charge is 0.308 e. The Kier molecular flexibility index (Phi) is 6.63. The lowest BCUT2D eigenvalue weighted by molar-refractivity contribution is -0.141. The topological polar surface area (TPSA) is 83.6 Å². The summed E-state index contributed by atoms with van der Waals surface area (Å²) in [5, 5.41) is 9.02. The van der Waals surface area contributed by atoms with Crippen molar-refractivity contribution in [2.75, 3.05) is 18.5 Å². The molecule has 0 aromatic heterocycles. The number of halogens is 1. The van der Waals surface area contributed by atoms with Crippen molar-refractivity contribution in [1.29, 1.82) is 0 Å². The summed E-state index contributed by atoms with van der Waals surface area (Å²) in [6.07, 6.45) is 3.69.